The molecule has 2 aromatic rings. The molecular weight excluding hydrogens is 276 g/mol. The number of benzene rings is 1. The van der Waals surface area contributed by atoms with Crippen LogP contribution in [0.3, 0.4) is 0 Å². The first kappa shape index (κ1) is 14.5. The molecule has 1 atom stereocenters. The summed E-state index contributed by atoms with van der Waals surface area (Å²) in [6.45, 7) is 7.17. The van der Waals surface area contributed by atoms with Crippen molar-refractivity contribution in [2.75, 3.05) is 6.26 Å². The lowest BCUT2D eigenvalue weighted by Gasteiger charge is -2.12. The van der Waals surface area contributed by atoms with Crippen molar-refractivity contribution in [3.8, 4) is 5.75 Å². The van der Waals surface area contributed by atoms with E-state index >= 15 is 0 Å². The number of thioether (sulfide) groups is 1. The van der Waals surface area contributed by atoms with Crippen LogP contribution in [0.15, 0.2) is 18.2 Å². The quantitative estimate of drug-likeness (QED) is 0.837. The highest BCUT2D eigenvalue weighted by atomic mass is 32.2. The number of hydrogen-bond acceptors (Lipinski definition) is 3. The number of H-pyrrole nitrogens is 1. The van der Waals surface area contributed by atoms with E-state index in [9.17, 15) is 0 Å². The minimum atomic E-state index is 0.154. The molecule has 0 aliphatic rings. The minimum absolute atomic E-state index is 0.154. The SMILES string of the molecule is CSC(C)Cn1c(=S)[nH]c2c(OC(C)C)cccc21. The molecule has 0 aliphatic carbocycles. The number of aromatic amines is 1. The standard InChI is InChI=1S/C14H20N2OS2/c1-9(2)17-12-7-5-6-11-13(12)15-14(18)16(11)8-10(3)19-4/h5-7,9-10H,8H2,1-4H3,(H,15,18). The predicted octanol–water partition coefficient (Wildman–Crippen LogP) is 4.24. The highest BCUT2D eigenvalue weighted by Gasteiger charge is 2.12. The molecule has 5 heteroatoms. The van der Waals surface area contributed by atoms with Gasteiger partial charge in [-0.25, -0.2) is 0 Å². The van der Waals surface area contributed by atoms with Gasteiger partial charge in [0.25, 0.3) is 0 Å². The van der Waals surface area contributed by atoms with Crippen molar-refractivity contribution in [2.45, 2.75) is 38.7 Å². The summed E-state index contributed by atoms with van der Waals surface area (Å²) in [5, 5.41) is 0.528. The summed E-state index contributed by atoms with van der Waals surface area (Å²) in [5.41, 5.74) is 2.11. The van der Waals surface area contributed by atoms with Gasteiger partial charge in [-0.15, -0.1) is 0 Å². The summed E-state index contributed by atoms with van der Waals surface area (Å²) in [7, 11) is 0. The Kier molecular flexibility index (Phi) is 4.58. The second-order valence-electron chi connectivity index (χ2n) is 4.90. The molecule has 2 rings (SSSR count). The highest BCUT2D eigenvalue weighted by molar-refractivity contribution is 7.99. The van der Waals surface area contributed by atoms with E-state index in [2.05, 4.69) is 28.8 Å². The van der Waals surface area contributed by atoms with E-state index in [4.69, 9.17) is 17.0 Å². The predicted molar refractivity (Wildman–Crippen MR) is 85.9 cm³/mol. The third-order valence-electron chi connectivity index (χ3n) is 2.98. The second-order valence-corrected chi connectivity index (χ2v) is 6.57. The van der Waals surface area contributed by atoms with E-state index in [1.165, 1.54) is 0 Å². The lowest BCUT2D eigenvalue weighted by atomic mass is 10.3. The average Bonchev–Trinajstić information content (AvgIpc) is 2.67. The normalized spacial score (nSPS) is 13.1. The number of hydrogen-bond donors (Lipinski definition) is 1. The van der Waals surface area contributed by atoms with Crippen LogP contribution < -0.4 is 4.74 Å². The third-order valence-corrected chi connectivity index (χ3v) is 4.25. The van der Waals surface area contributed by atoms with Crippen molar-refractivity contribution in [3.05, 3.63) is 23.0 Å². The number of aromatic nitrogens is 2. The van der Waals surface area contributed by atoms with Crippen LogP contribution >= 0.6 is 24.0 Å². The molecule has 1 N–H and O–H groups in total. The van der Waals surface area contributed by atoms with Gasteiger partial charge in [0.15, 0.2) is 4.77 Å². The van der Waals surface area contributed by atoms with Crippen LogP contribution in [-0.2, 0) is 6.54 Å². The molecule has 0 fully saturated rings. The van der Waals surface area contributed by atoms with Gasteiger partial charge in [0.2, 0.25) is 0 Å². The van der Waals surface area contributed by atoms with E-state index in [1.54, 1.807) is 0 Å². The lowest BCUT2D eigenvalue weighted by molar-refractivity contribution is 0.245. The Morgan fingerprint density at radius 3 is 2.74 bits per heavy atom. The van der Waals surface area contributed by atoms with Gasteiger partial charge in [-0.05, 0) is 44.5 Å². The van der Waals surface area contributed by atoms with Gasteiger partial charge in [-0.1, -0.05) is 13.0 Å². The van der Waals surface area contributed by atoms with Crippen LogP contribution in [0.25, 0.3) is 11.0 Å². The molecule has 0 bridgehead atoms. The number of rotatable bonds is 5. The zero-order valence-electron chi connectivity index (χ0n) is 11.8. The third kappa shape index (κ3) is 3.15. The Bertz CT molecular complexity index is 615. The number of nitrogens with zero attached hydrogens (tertiary/aromatic N) is 1. The summed E-state index contributed by atoms with van der Waals surface area (Å²) in [4.78, 5) is 3.27. The lowest BCUT2D eigenvalue weighted by Crippen LogP contribution is -2.09. The van der Waals surface area contributed by atoms with Crippen LogP contribution in [0.1, 0.15) is 20.8 Å². The molecule has 1 heterocycles. The van der Waals surface area contributed by atoms with E-state index < -0.39 is 0 Å². The molecule has 0 saturated carbocycles. The molecule has 0 spiro atoms. The Hall–Kier alpha value is -0.940. The van der Waals surface area contributed by atoms with Crippen LogP contribution in [0.2, 0.25) is 0 Å². The van der Waals surface area contributed by atoms with Crippen molar-refractivity contribution in [1.29, 1.82) is 0 Å². The molecule has 3 nitrogen and oxygen atoms in total. The average molecular weight is 296 g/mol. The number of imidazole rings is 1. The maximum absolute atomic E-state index is 5.83. The molecule has 1 aromatic carbocycles. The van der Waals surface area contributed by atoms with Crippen LogP contribution in [0.5, 0.6) is 5.75 Å². The molecule has 19 heavy (non-hydrogen) atoms. The van der Waals surface area contributed by atoms with Crippen molar-refractivity contribution in [2.24, 2.45) is 0 Å². The fourth-order valence-corrected chi connectivity index (χ4v) is 2.59. The van der Waals surface area contributed by atoms with Gasteiger partial charge in [0.1, 0.15) is 11.3 Å². The van der Waals surface area contributed by atoms with Crippen LogP contribution in [0, 0.1) is 4.77 Å². The molecule has 1 aromatic heterocycles. The summed E-state index contributed by atoms with van der Waals surface area (Å²) < 4.78 is 8.74. The summed E-state index contributed by atoms with van der Waals surface area (Å²) in [5.74, 6) is 0.870. The van der Waals surface area contributed by atoms with E-state index in [-0.39, 0.29) is 6.10 Å². The Labute approximate surface area is 123 Å². The molecule has 104 valence electrons. The number of nitrogens with one attached hydrogen (secondary N) is 1. The Morgan fingerprint density at radius 2 is 2.11 bits per heavy atom. The van der Waals surface area contributed by atoms with Crippen LogP contribution in [-0.4, -0.2) is 27.2 Å². The van der Waals surface area contributed by atoms with Crippen molar-refractivity contribution < 1.29 is 4.74 Å². The Morgan fingerprint density at radius 1 is 1.37 bits per heavy atom. The molecule has 0 radical (unpaired) electrons. The van der Waals surface area contributed by atoms with Crippen molar-refractivity contribution in [1.82, 2.24) is 9.55 Å². The molecule has 0 saturated heterocycles. The minimum Gasteiger partial charge on any atom is -0.489 e. The van der Waals surface area contributed by atoms with Crippen LogP contribution in [0.4, 0.5) is 0 Å². The molecule has 0 aliphatic heterocycles. The smallest absolute Gasteiger partial charge is 0.178 e. The molecule has 1 unspecified atom stereocenters. The fraction of sp³-hybridized carbons (Fsp3) is 0.500. The zero-order valence-corrected chi connectivity index (χ0v) is 13.4. The van der Waals surface area contributed by atoms with Gasteiger partial charge in [-0.2, -0.15) is 11.8 Å². The highest BCUT2D eigenvalue weighted by Crippen LogP contribution is 2.26. The second kappa shape index (κ2) is 6.01. The first-order valence-electron chi connectivity index (χ1n) is 6.44. The van der Waals surface area contributed by atoms with Crippen molar-refractivity contribution >= 4 is 35.0 Å². The van der Waals surface area contributed by atoms with Gasteiger partial charge in [0.05, 0.1) is 11.6 Å². The summed E-state index contributed by atoms with van der Waals surface area (Å²) >= 11 is 7.28. The Balaban J connectivity index is 2.49. The zero-order chi connectivity index (χ0) is 14.0. The number of fused-ring (bicyclic) bond motifs is 1. The van der Waals surface area contributed by atoms with Gasteiger partial charge in [0, 0.05) is 11.8 Å². The van der Waals surface area contributed by atoms with E-state index in [0.29, 0.717) is 5.25 Å². The van der Waals surface area contributed by atoms with Crippen molar-refractivity contribution in [3.63, 3.8) is 0 Å². The molecule has 0 amide bonds. The summed E-state index contributed by atoms with van der Waals surface area (Å²) in [6.07, 6.45) is 2.28. The first-order valence-corrected chi connectivity index (χ1v) is 8.13. The van der Waals surface area contributed by atoms with Gasteiger partial charge in [-0.3, -0.25) is 0 Å². The monoisotopic (exact) mass is 296 g/mol. The largest absolute Gasteiger partial charge is 0.489 e. The molecular formula is C14H20N2OS2. The maximum Gasteiger partial charge on any atom is 0.178 e. The fourth-order valence-electron chi connectivity index (χ4n) is 2.02. The maximum atomic E-state index is 5.83. The number of ether oxygens (including phenoxy) is 1. The van der Waals surface area contributed by atoms with Gasteiger partial charge < -0.3 is 14.3 Å². The van der Waals surface area contributed by atoms with E-state index in [0.717, 1.165) is 28.1 Å². The topological polar surface area (TPSA) is 29.9 Å². The number of para-hydroxylation sites is 1. The first-order chi connectivity index (χ1) is 9.02. The van der Waals surface area contributed by atoms with E-state index in [1.807, 2.05) is 37.7 Å². The van der Waals surface area contributed by atoms with Gasteiger partial charge >= 0.3 is 0 Å². The summed E-state index contributed by atoms with van der Waals surface area (Å²) in [6, 6.07) is 6.08.